The van der Waals surface area contributed by atoms with Gasteiger partial charge in [0.15, 0.2) is 0 Å². The molecule has 2 aromatic rings. The Kier molecular flexibility index (Phi) is 3.98. The second kappa shape index (κ2) is 5.53. The molecular weight excluding hydrogens is 250 g/mol. The van der Waals surface area contributed by atoms with E-state index in [0.717, 1.165) is 22.0 Å². The maximum Gasteiger partial charge on any atom is 0.328 e. The highest BCUT2D eigenvalue weighted by Crippen LogP contribution is 2.31. The maximum absolute atomic E-state index is 11.0. The Morgan fingerprint density at radius 3 is 2.50 bits per heavy atom. The number of benzene rings is 1. The van der Waals surface area contributed by atoms with Crippen LogP contribution in [0.1, 0.15) is 44.7 Å². The van der Waals surface area contributed by atoms with Gasteiger partial charge in [-0.1, -0.05) is 33.8 Å². The van der Waals surface area contributed by atoms with Crippen LogP contribution in [-0.2, 0) is 4.79 Å². The van der Waals surface area contributed by atoms with Gasteiger partial charge in [0.2, 0.25) is 0 Å². The summed E-state index contributed by atoms with van der Waals surface area (Å²) in [4.78, 5) is 14.3. The molecule has 0 amide bonds. The van der Waals surface area contributed by atoms with Gasteiger partial charge >= 0.3 is 5.97 Å². The van der Waals surface area contributed by atoms with E-state index in [1.807, 2.05) is 20.0 Å². The number of allylic oxidation sites excluding steroid dienone is 1. The van der Waals surface area contributed by atoms with Gasteiger partial charge in [0.1, 0.15) is 0 Å². The lowest BCUT2D eigenvalue weighted by Gasteiger charge is -2.11. The van der Waals surface area contributed by atoms with Crippen molar-refractivity contribution in [2.75, 3.05) is 0 Å². The Morgan fingerprint density at radius 2 is 1.95 bits per heavy atom. The Bertz CT molecular complexity index is 663. The molecule has 0 aliphatic rings. The molecule has 0 radical (unpaired) electrons. The van der Waals surface area contributed by atoms with Crippen LogP contribution in [0.3, 0.4) is 0 Å². The number of carbonyl (C=O) groups is 1. The largest absolute Gasteiger partial charge is 0.478 e. The molecule has 0 saturated carbocycles. The number of nitrogens with one attached hydrogen (secondary N) is 1. The van der Waals surface area contributed by atoms with Crippen LogP contribution >= 0.6 is 0 Å². The monoisotopic (exact) mass is 271 g/mol. The van der Waals surface area contributed by atoms with E-state index < -0.39 is 5.97 Å². The van der Waals surface area contributed by atoms with Crippen LogP contribution in [0, 0.1) is 5.92 Å². The van der Waals surface area contributed by atoms with Crippen molar-refractivity contribution >= 4 is 22.4 Å². The average molecular weight is 271 g/mol. The van der Waals surface area contributed by atoms with Crippen molar-refractivity contribution in [1.82, 2.24) is 4.98 Å². The summed E-state index contributed by atoms with van der Waals surface area (Å²) in [6.45, 7) is 8.34. The third kappa shape index (κ3) is 2.77. The van der Waals surface area contributed by atoms with Gasteiger partial charge in [0, 0.05) is 28.7 Å². The van der Waals surface area contributed by atoms with Gasteiger partial charge < -0.3 is 10.1 Å². The highest BCUT2D eigenvalue weighted by molar-refractivity contribution is 5.98. The standard InChI is InChI=1S/C17H21NO2/c1-10(2)12-5-6-16-14(7-12)15(9-18-16)13(11(3)4)8-17(19)20/h5-11,18H,1-4H3,(H,19,20)/b13-8+. The number of aromatic nitrogens is 1. The second-order valence-electron chi connectivity index (χ2n) is 5.75. The van der Waals surface area contributed by atoms with Crippen molar-refractivity contribution in [3.05, 3.63) is 41.6 Å². The number of hydrogen-bond donors (Lipinski definition) is 2. The Hall–Kier alpha value is -2.03. The van der Waals surface area contributed by atoms with Gasteiger partial charge in [0.05, 0.1) is 0 Å². The van der Waals surface area contributed by atoms with Gasteiger partial charge in [-0.15, -0.1) is 0 Å². The number of H-pyrrole nitrogens is 1. The van der Waals surface area contributed by atoms with Crippen LogP contribution in [-0.4, -0.2) is 16.1 Å². The van der Waals surface area contributed by atoms with Gasteiger partial charge in [-0.3, -0.25) is 0 Å². The minimum atomic E-state index is -0.900. The summed E-state index contributed by atoms with van der Waals surface area (Å²) in [5.74, 6) is -0.288. The van der Waals surface area contributed by atoms with Crippen molar-refractivity contribution in [1.29, 1.82) is 0 Å². The van der Waals surface area contributed by atoms with Crippen LogP contribution in [0.15, 0.2) is 30.5 Å². The predicted octanol–water partition coefficient (Wildman–Crippen LogP) is 4.42. The quantitative estimate of drug-likeness (QED) is 0.809. The van der Waals surface area contributed by atoms with E-state index in [2.05, 4.69) is 37.0 Å². The zero-order chi connectivity index (χ0) is 14.9. The van der Waals surface area contributed by atoms with Gasteiger partial charge in [-0.05, 0) is 35.1 Å². The molecule has 0 unspecified atom stereocenters. The highest BCUT2D eigenvalue weighted by atomic mass is 16.4. The molecule has 3 nitrogen and oxygen atoms in total. The number of hydrogen-bond acceptors (Lipinski definition) is 1. The summed E-state index contributed by atoms with van der Waals surface area (Å²) < 4.78 is 0. The third-order valence-electron chi connectivity index (χ3n) is 3.58. The Balaban J connectivity index is 2.64. The van der Waals surface area contributed by atoms with Crippen molar-refractivity contribution in [3.63, 3.8) is 0 Å². The summed E-state index contributed by atoms with van der Waals surface area (Å²) in [6.07, 6.45) is 3.22. The molecule has 0 bridgehead atoms. The number of fused-ring (bicyclic) bond motifs is 1. The van der Waals surface area contributed by atoms with Crippen molar-refractivity contribution < 1.29 is 9.90 Å². The minimum Gasteiger partial charge on any atom is -0.478 e. The van der Waals surface area contributed by atoms with Crippen LogP contribution in [0.25, 0.3) is 16.5 Å². The van der Waals surface area contributed by atoms with Crippen molar-refractivity contribution in [2.45, 2.75) is 33.6 Å². The van der Waals surface area contributed by atoms with Crippen LogP contribution in [0.5, 0.6) is 0 Å². The summed E-state index contributed by atoms with van der Waals surface area (Å²) >= 11 is 0. The fourth-order valence-corrected chi connectivity index (χ4v) is 2.42. The first-order valence-electron chi connectivity index (χ1n) is 6.96. The molecule has 0 aliphatic carbocycles. The number of rotatable bonds is 4. The molecule has 106 valence electrons. The molecular formula is C17H21NO2. The van der Waals surface area contributed by atoms with Gasteiger partial charge in [0.25, 0.3) is 0 Å². The molecule has 1 aromatic carbocycles. The fourth-order valence-electron chi connectivity index (χ4n) is 2.42. The molecule has 1 aromatic heterocycles. The van der Waals surface area contributed by atoms with E-state index in [4.69, 9.17) is 5.11 Å². The van der Waals surface area contributed by atoms with Gasteiger partial charge in [-0.2, -0.15) is 0 Å². The zero-order valence-corrected chi connectivity index (χ0v) is 12.4. The molecule has 2 rings (SSSR count). The molecule has 1 heterocycles. The molecule has 0 fully saturated rings. The van der Waals surface area contributed by atoms with E-state index in [1.165, 1.54) is 11.6 Å². The third-order valence-corrected chi connectivity index (χ3v) is 3.58. The molecule has 0 saturated heterocycles. The number of aromatic amines is 1. The first-order chi connectivity index (χ1) is 9.40. The number of aliphatic carboxylic acids is 1. The normalized spacial score (nSPS) is 12.6. The zero-order valence-electron chi connectivity index (χ0n) is 12.4. The molecule has 2 N–H and O–H groups in total. The Morgan fingerprint density at radius 1 is 1.25 bits per heavy atom. The molecule has 20 heavy (non-hydrogen) atoms. The lowest BCUT2D eigenvalue weighted by atomic mass is 9.93. The molecule has 0 spiro atoms. The molecule has 0 atom stereocenters. The van der Waals surface area contributed by atoms with E-state index in [1.54, 1.807) is 0 Å². The second-order valence-corrected chi connectivity index (χ2v) is 5.75. The minimum absolute atomic E-state index is 0.160. The summed E-state index contributed by atoms with van der Waals surface area (Å²) in [6, 6.07) is 6.33. The summed E-state index contributed by atoms with van der Waals surface area (Å²) in [5, 5.41) is 10.2. The smallest absolute Gasteiger partial charge is 0.328 e. The van der Waals surface area contributed by atoms with E-state index >= 15 is 0 Å². The number of carboxylic acids is 1. The first kappa shape index (κ1) is 14.4. The number of carboxylic acid groups (broad SMARTS) is 1. The van der Waals surface area contributed by atoms with E-state index in [-0.39, 0.29) is 5.92 Å². The summed E-state index contributed by atoms with van der Waals surface area (Å²) in [7, 11) is 0. The summed E-state index contributed by atoms with van der Waals surface area (Å²) in [5.41, 5.74) is 4.14. The van der Waals surface area contributed by atoms with E-state index in [0.29, 0.717) is 5.92 Å². The van der Waals surface area contributed by atoms with E-state index in [9.17, 15) is 4.79 Å². The van der Waals surface area contributed by atoms with Crippen LogP contribution < -0.4 is 0 Å². The highest BCUT2D eigenvalue weighted by Gasteiger charge is 2.14. The lowest BCUT2D eigenvalue weighted by molar-refractivity contribution is -0.131. The predicted molar refractivity (Wildman–Crippen MR) is 82.8 cm³/mol. The first-order valence-corrected chi connectivity index (χ1v) is 6.96. The maximum atomic E-state index is 11.0. The van der Waals surface area contributed by atoms with Gasteiger partial charge in [-0.25, -0.2) is 4.79 Å². The molecule has 3 heteroatoms. The fraction of sp³-hybridized carbons (Fsp3) is 0.353. The average Bonchev–Trinajstić information content (AvgIpc) is 2.77. The lowest BCUT2D eigenvalue weighted by Crippen LogP contribution is -1.98. The van der Waals surface area contributed by atoms with Crippen molar-refractivity contribution in [2.24, 2.45) is 5.92 Å². The van der Waals surface area contributed by atoms with Crippen LogP contribution in [0.4, 0.5) is 0 Å². The SMILES string of the molecule is CC(C)/C(=C\C(=O)O)c1c[nH]c2ccc(C(C)C)cc12. The van der Waals surface area contributed by atoms with Crippen molar-refractivity contribution in [3.8, 4) is 0 Å². The van der Waals surface area contributed by atoms with Crippen LogP contribution in [0.2, 0.25) is 0 Å². The Labute approximate surface area is 119 Å². The molecule has 0 aliphatic heterocycles. The topological polar surface area (TPSA) is 53.1 Å².